The molecular formula is C13H15F2N3OS. The highest BCUT2D eigenvalue weighted by Gasteiger charge is 2.11. The Morgan fingerprint density at radius 3 is 2.85 bits per heavy atom. The molecule has 0 unspecified atom stereocenters. The molecule has 2 N–H and O–H groups in total. The van der Waals surface area contributed by atoms with Gasteiger partial charge in [0.05, 0.1) is 5.71 Å². The lowest BCUT2D eigenvalue weighted by Gasteiger charge is -2.10. The molecule has 0 radical (unpaired) electrons. The van der Waals surface area contributed by atoms with E-state index in [0.717, 1.165) is 0 Å². The predicted molar refractivity (Wildman–Crippen MR) is 79.2 cm³/mol. The first-order chi connectivity index (χ1) is 9.54. The average Bonchev–Trinajstić information content (AvgIpc) is 2.42. The molecule has 1 aromatic carbocycles. The molecule has 108 valence electrons. The molecule has 20 heavy (non-hydrogen) atoms. The number of hydrazone groups is 1. The zero-order chi connectivity index (χ0) is 15.0. The van der Waals surface area contributed by atoms with Crippen molar-refractivity contribution in [3.05, 3.63) is 42.5 Å². The summed E-state index contributed by atoms with van der Waals surface area (Å²) in [5.74, 6) is 0.0653. The van der Waals surface area contributed by atoms with Crippen molar-refractivity contribution in [2.75, 3.05) is 6.54 Å². The van der Waals surface area contributed by atoms with Crippen molar-refractivity contribution in [3.63, 3.8) is 0 Å². The fraction of sp³-hybridized carbons (Fsp3) is 0.231. The molecule has 0 saturated carbocycles. The number of nitrogens with zero attached hydrogens (tertiary/aromatic N) is 1. The molecule has 0 amide bonds. The summed E-state index contributed by atoms with van der Waals surface area (Å²) < 4.78 is 29.0. The molecule has 0 saturated heterocycles. The van der Waals surface area contributed by atoms with Crippen LogP contribution in [0.25, 0.3) is 0 Å². The van der Waals surface area contributed by atoms with Gasteiger partial charge < -0.3 is 10.1 Å². The number of benzene rings is 1. The van der Waals surface area contributed by atoms with Gasteiger partial charge in [0, 0.05) is 12.1 Å². The summed E-state index contributed by atoms with van der Waals surface area (Å²) in [4.78, 5) is 0. The zero-order valence-corrected chi connectivity index (χ0v) is 11.7. The Bertz CT molecular complexity index is 506. The van der Waals surface area contributed by atoms with Gasteiger partial charge >= 0.3 is 6.61 Å². The first kappa shape index (κ1) is 16.0. The third-order valence-electron chi connectivity index (χ3n) is 2.23. The van der Waals surface area contributed by atoms with Gasteiger partial charge in [-0.3, -0.25) is 5.43 Å². The molecule has 0 bridgehead atoms. The average molecular weight is 299 g/mol. The monoisotopic (exact) mass is 299 g/mol. The van der Waals surface area contributed by atoms with Crippen LogP contribution >= 0.6 is 12.2 Å². The van der Waals surface area contributed by atoms with Crippen LogP contribution in [-0.4, -0.2) is 24.0 Å². The van der Waals surface area contributed by atoms with E-state index in [4.69, 9.17) is 12.2 Å². The van der Waals surface area contributed by atoms with Crippen molar-refractivity contribution in [1.82, 2.24) is 10.7 Å². The van der Waals surface area contributed by atoms with Crippen LogP contribution in [0, 0.1) is 0 Å². The number of hydrogen-bond donors (Lipinski definition) is 2. The summed E-state index contributed by atoms with van der Waals surface area (Å²) in [6.45, 7) is 2.83. The summed E-state index contributed by atoms with van der Waals surface area (Å²) in [7, 11) is 0. The van der Waals surface area contributed by atoms with E-state index in [-0.39, 0.29) is 5.75 Å². The quantitative estimate of drug-likeness (QED) is 0.367. The maximum Gasteiger partial charge on any atom is 0.387 e. The standard InChI is InChI=1S/C13H15F2N3OS/c1-3-8-16-13(20)18-17-9(2)10-6-4-5-7-11(10)19-12(14)15/h3-7,12H,1,8H2,2H3,(H2,16,18,20)/b17-9-. The van der Waals surface area contributed by atoms with Crippen molar-refractivity contribution in [1.29, 1.82) is 0 Å². The third-order valence-corrected chi connectivity index (χ3v) is 2.46. The first-order valence-electron chi connectivity index (χ1n) is 5.78. The summed E-state index contributed by atoms with van der Waals surface area (Å²) in [6, 6.07) is 6.41. The van der Waals surface area contributed by atoms with Gasteiger partial charge in [0.25, 0.3) is 0 Å². The van der Waals surface area contributed by atoms with E-state index in [1.807, 2.05) is 0 Å². The van der Waals surface area contributed by atoms with Crippen LogP contribution in [-0.2, 0) is 0 Å². The summed E-state index contributed by atoms with van der Waals surface area (Å²) in [5, 5.41) is 7.17. The van der Waals surface area contributed by atoms with Gasteiger partial charge in [0.1, 0.15) is 5.75 Å². The first-order valence-corrected chi connectivity index (χ1v) is 6.18. The van der Waals surface area contributed by atoms with Crippen molar-refractivity contribution in [2.45, 2.75) is 13.5 Å². The molecule has 0 aliphatic carbocycles. The normalized spacial score (nSPS) is 11.1. The second-order valence-electron chi connectivity index (χ2n) is 3.68. The fourth-order valence-corrected chi connectivity index (χ4v) is 1.49. The smallest absolute Gasteiger partial charge is 0.387 e. The van der Waals surface area contributed by atoms with Crippen molar-refractivity contribution in [3.8, 4) is 5.75 Å². The van der Waals surface area contributed by atoms with E-state index in [0.29, 0.717) is 22.9 Å². The molecule has 0 fully saturated rings. The highest BCUT2D eigenvalue weighted by Crippen LogP contribution is 2.20. The lowest BCUT2D eigenvalue weighted by atomic mass is 10.1. The molecule has 1 aromatic rings. The molecule has 0 atom stereocenters. The molecule has 0 aliphatic rings. The highest BCUT2D eigenvalue weighted by molar-refractivity contribution is 7.80. The number of halogens is 2. The molecule has 0 aliphatic heterocycles. The minimum Gasteiger partial charge on any atom is -0.434 e. The van der Waals surface area contributed by atoms with Gasteiger partial charge in [-0.05, 0) is 31.3 Å². The van der Waals surface area contributed by atoms with E-state index in [1.54, 1.807) is 31.2 Å². The third kappa shape index (κ3) is 5.31. The van der Waals surface area contributed by atoms with Crippen LogP contribution in [0.3, 0.4) is 0 Å². The van der Waals surface area contributed by atoms with E-state index in [2.05, 4.69) is 27.2 Å². The lowest BCUT2D eigenvalue weighted by molar-refractivity contribution is -0.0499. The van der Waals surface area contributed by atoms with E-state index >= 15 is 0 Å². The molecular weight excluding hydrogens is 284 g/mol. The van der Waals surface area contributed by atoms with Crippen molar-refractivity contribution in [2.24, 2.45) is 5.10 Å². The number of thiocarbonyl (C=S) groups is 1. The van der Waals surface area contributed by atoms with E-state index in [1.165, 1.54) is 6.07 Å². The Hall–Kier alpha value is -2.02. The number of nitrogens with one attached hydrogen (secondary N) is 2. The Balaban J connectivity index is 2.78. The van der Waals surface area contributed by atoms with Crippen LogP contribution < -0.4 is 15.5 Å². The number of ether oxygens (including phenoxy) is 1. The predicted octanol–water partition coefficient (Wildman–Crippen LogP) is 2.66. The van der Waals surface area contributed by atoms with Crippen molar-refractivity contribution >= 4 is 23.0 Å². The van der Waals surface area contributed by atoms with Gasteiger partial charge in [0.2, 0.25) is 0 Å². The van der Waals surface area contributed by atoms with Crippen LogP contribution in [0.2, 0.25) is 0 Å². The minimum atomic E-state index is -2.88. The minimum absolute atomic E-state index is 0.0653. The highest BCUT2D eigenvalue weighted by atomic mass is 32.1. The second-order valence-corrected chi connectivity index (χ2v) is 4.09. The lowest BCUT2D eigenvalue weighted by Crippen LogP contribution is -2.32. The summed E-state index contributed by atoms with van der Waals surface area (Å²) >= 11 is 4.96. The fourth-order valence-electron chi connectivity index (χ4n) is 1.36. The topological polar surface area (TPSA) is 45.7 Å². The van der Waals surface area contributed by atoms with Crippen LogP contribution in [0.5, 0.6) is 5.75 Å². The summed E-state index contributed by atoms with van der Waals surface area (Å²) in [5.41, 5.74) is 3.55. The Morgan fingerprint density at radius 1 is 1.50 bits per heavy atom. The number of rotatable bonds is 6. The molecule has 7 heteroatoms. The molecule has 0 aromatic heterocycles. The largest absolute Gasteiger partial charge is 0.434 e. The van der Waals surface area contributed by atoms with E-state index < -0.39 is 6.61 Å². The molecule has 4 nitrogen and oxygen atoms in total. The van der Waals surface area contributed by atoms with Gasteiger partial charge in [0.15, 0.2) is 5.11 Å². The van der Waals surface area contributed by atoms with Crippen molar-refractivity contribution < 1.29 is 13.5 Å². The number of hydrogen-bond acceptors (Lipinski definition) is 3. The Kier molecular flexibility index (Phi) is 6.58. The second kappa shape index (κ2) is 8.21. The van der Waals surface area contributed by atoms with E-state index in [9.17, 15) is 8.78 Å². The number of para-hydroxylation sites is 1. The van der Waals surface area contributed by atoms with Crippen LogP contribution in [0.15, 0.2) is 42.0 Å². The zero-order valence-electron chi connectivity index (χ0n) is 10.9. The maximum absolute atomic E-state index is 12.3. The van der Waals surface area contributed by atoms with Crippen LogP contribution in [0.4, 0.5) is 8.78 Å². The maximum atomic E-state index is 12.3. The SMILES string of the molecule is C=CCNC(=S)N/N=C(/C)c1ccccc1OC(F)F. The number of alkyl halides is 2. The van der Waals surface area contributed by atoms with Crippen LogP contribution in [0.1, 0.15) is 12.5 Å². The molecule has 1 rings (SSSR count). The Morgan fingerprint density at radius 2 is 2.20 bits per heavy atom. The van der Waals surface area contributed by atoms with Gasteiger partial charge in [-0.15, -0.1) is 6.58 Å². The van der Waals surface area contributed by atoms with Gasteiger partial charge in [-0.2, -0.15) is 13.9 Å². The molecule has 0 spiro atoms. The van der Waals surface area contributed by atoms with Gasteiger partial charge in [-0.1, -0.05) is 18.2 Å². The summed E-state index contributed by atoms with van der Waals surface area (Å²) in [6.07, 6.45) is 1.65. The van der Waals surface area contributed by atoms with Gasteiger partial charge in [-0.25, -0.2) is 0 Å². The Labute approximate surface area is 121 Å². The molecule has 0 heterocycles.